The Labute approximate surface area is 167 Å². The largest absolute Gasteiger partial charge is 0.493 e. The van der Waals surface area contributed by atoms with Crippen molar-refractivity contribution >= 4 is 5.91 Å². The van der Waals surface area contributed by atoms with Gasteiger partial charge in [-0.25, -0.2) is 0 Å². The number of nitrogens with zero attached hydrogens (tertiary/aromatic N) is 1. The molecule has 0 saturated carbocycles. The van der Waals surface area contributed by atoms with E-state index in [4.69, 9.17) is 14.2 Å². The molecule has 1 heterocycles. The molecule has 28 heavy (non-hydrogen) atoms. The van der Waals surface area contributed by atoms with Crippen LogP contribution < -0.4 is 14.2 Å². The van der Waals surface area contributed by atoms with Gasteiger partial charge in [-0.1, -0.05) is 13.3 Å². The summed E-state index contributed by atoms with van der Waals surface area (Å²) in [4.78, 5) is 14.6. The SMILES string of the molecule is CCC[C@@]1(CO)CN(C(=O)CCc2cc(OC)c(OC)c(OC)c2)CC[C@@H]1O. The summed E-state index contributed by atoms with van der Waals surface area (Å²) in [6, 6.07) is 3.70. The minimum absolute atomic E-state index is 0.0228. The van der Waals surface area contributed by atoms with Crippen molar-refractivity contribution in [3.05, 3.63) is 17.7 Å². The normalized spacial score (nSPS) is 22.1. The van der Waals surface area contributed by atoms with Crippen LogP contribution in [0, 0.1) is 5.41 Å². The second kappa shape index (κ2) is 9.98. The van der Waals surface area contributed by atoms with Crippen LogP contribution in [0.15, 0.2) is 12.1 Å². The topological polar surface area (TPSA) is 88.5 Å². The molecular weight excluding hydrogens is 362 g/mol. The molecule has 1 amide bonds. The minimum atomic E-state index is -0.616. The Bertz CT molecular complexity index is 639. The van der Waals surface area contributed by atoms with E-state index in [0.29, 0.717) is 56.0 Å². The number of methoxy groups -OCH3 is 3. The van der Waals surface area contributed by atoms with Crippen molar-refractivity contribution in [1.82, 2.24) is 4.90 Å². The van der Waals surface area contributed by atoms with Gasteiger partial charge in [0.05, 0.1) is 34.0 Å². The first kappa shape index (κ1) is 22.3. The minimum Gasteiger partial charge on any atom is -0.493 e. The van der Waals surface area contributed by atoms with Gasteiger partial charge in [0.25, 0.3) is 0 Å². The number of ether oxygens (including phenoxy) is 3. The van der Waals surface area contributed by atoms with E-state index in [1.807, 2.05) is 19.1 Å². The maximum atomic E-state index is 12.8. The molecule has 1 aliphatic heterocycles. The molecule has 1 fully saturated rings. The third-order valence-corrected chi connectivity index (χ3v) is 5.65. The predicted octanol–water partition coefficient (Wildman–Crippen LogP) is 2.02. The summed E-state index contributed by atoms with van der Waals surface area (Å²) in [7, 11) is 4.68. The molecule has 0 radical (unpaired) electrons. The molecule has 7 heteroatoms. The number of aliphatic hydroxyl groups excluding tert-OH is 2. The van der Waals surface area contributed by atoms with Gasteiger partial charge in [0, 0.05) is 24.9 Å². The third kappa shape index (κ3) is 4.70. The van der Waals surface area contributed by atoms with E-state index in [1.54, 1.807) is 26.2 Å². The molecule has 7 nitrogen and oxygen atoms in total. The van der Waals surface area contributed by atoms with E-state index in [1.165, 1.54) is 0 Å². The number of carbonyl (C=O) groups is 1. The number of aryl methyl sites for hydroxylation is 1. The molecule has 0 unspecified atom stereocenters. The zero-order chi connectivity index (χ0) is 20.7. The summed E-state index contributed by atoms with van der Waals surface area (Å²) < 4.78 is 16.1. The lowest BCUT2D eigenvalue weighted by Gasteiger charge is -2.45. The fourth-order valence-corrected chi connectivity index (χ4v) is 4.03. The molecule has 1 aromatic rings. The number of aliphatic hydroxyl groups is 2. The quantitative estimate of drug-likeness (QED) is 0.665. The highest BCUT2D eigenvalue weighted by Gasteiger charge is 2.42. The molecule has 158 valence electrons. The van der Waals surface area contributed by atoms with E-state index in [0.717, 1.165) is 12.0 Å². The van der Waals surface area contributed by atoms with Crippen molar-refractivity contribution in [3.63, 3.8) is 0 Å². The average molecular weight is 395 g/mol. The highest BCUT2D eigenvalue weighted by Crippen LogP contribution is 2.39. The molecule has 1 aromatic carbocycles. The third-order valence-electron chi connectivity index (χ3n) is 5.65. The zero-order valence-electron chi connectivity index (χ0n) is 17.4. The monoisotopic (exact) mass is 395 g/mol. The first-order valence-corrected chi connectivity index (χ1v) is 9.80. The highest BCUT2D eigenvalue weighted by atomic mass is 16.5. The van der Waals surface area contributed by atoms with Crippen LogP contribution in [0.5, 0.6) is 17.2 Å². The van der Waals surface area contributed by atoms with Crippen LogP contribution in [0.25, 0.3) is 0 Å². The molecule has 1 saturated heterocycles. The number of hydrogen-bond acceptors (Lipinski definition) is 6. The van der Waals surface area contributed by atoms with Crippen LogP contribution in [0.2, 0.25) is 0 Å². The lowest BCUT2D eigenvalue weighted by molar-refractivity contribution is -0.142. The number of benzene rings is 1. The van der Waals surface area contributed by atoms with Gasteiger partial charge in [0.15, 0.2) is 11.5 Å². The Hall–Kier alpha value is -1.99. The second-order valence-corrected chi connectivity index (χ2v) is 7.42. The Morgan fingerprint density at radius 1 is 1.21 bits per heavy atom. The molecule has 1 aliphatic rings. The van der Waals surface area contributed by atoms with Gasteiger partial charge in [-0.2, -0.15) is 0 Å². The Kier molecular flexibility index (Phi) is 7.95. The van der Waals surface area contributed by atoms with Gasteiger partial charge in [0.1, 0.15) is 0 Å². The van der Waals surface area contributed by atoms with Gasteiger partial charge in [-0.05, 0) is 37.0 Å². The number of carbonyl (C=O) groups excluding carboxylic acids is 1. The Morgan fingerprint density at radius 3 is 2.36 bits per heavy atom. The summed E-state index contributed by atoms with van der Waals surface area (Å²) >= 11 is 0. The first-order chi connectivity index (χ1) is 13.4. The van der Waals surface area contributed by atoms with Crippen molar-refractivity contribution < 1.29 is 29.2 Å². The van der Waals surface area contributed by atoms with E-state index in [9.17, 15) is 15.0 Å². The van der Waals surface area contributed by atoms with Crippen LogP contribution in [-0.2, 0) is 11.2 Å². The van der Waals surface area contributed by atoms with E-state index < -0.39 is 11.5 Å². The summed E-state index contributed by atoms with van der Waals surface area (Å²) in [5.41, 5.74) is 0.303. The first-order valence-electron chi connectivity index (χ1n) is 9.80. The number of piperidine rings is 1. The summed E-state index contributed by atoms with van der Waals surface area (Å²) in [6.45, 7) is 2.82. The zero-order valence-corrected chi connectivity index (χ0v) is 17.4. The summed E-state index contributed by atoms with van der Waals surface area (Å²) in [5, 5.41) is 20.3. The molecule has 0 aliphatic carbocycles. The second-order valence-electron chi connectivity index (χ2n) is 7.42. The molecule has 0 spiro atoms. The van der Waals surface area contributed by atoms with Gasteiger partial charge in [0.2, 0.25) is 11.7 Å². The van der Waals surface area contributed by atoms with Crippen LogP contribution in [0.1, 0.15) is 38.2 Å². The van der Waals surface area contributed by atoms with E-state index in [-0.39, 0.29) is 12.5 Å². The fourth-order valence-electron chi connectivity index (χ4n) is 4.03. The Morgan fingerprint density at radius 2 is 1.86 bits per heavy atom. The van der Waals surface area contributed by atoms with Gasteiger partial charge >= 0.3 is 0 Å². The standard InChI is InChI=1S/C21H33NO6/c1-5-9-21(14-23)13-22(10-8-18(21)24)19(25)7-6-15-11-16(26-2)20(28-4)17(12-15)27-3/h11-12,18,23-24H,5-10,13-14H2,1-4H3/t18-,21-/m0/s1. The predicted molar refractivity (Wildman–Crippen MR) is 106 cm³/mol. The van der Waals surface area contributed by atoms with Gasteiger partial charge < -0.3 is 29.3 Å². The molecule has 2 atom stereocenters. The number of hydrogen-bond donors (Lipinski definition) is 2. The highest BCUT2D eigenvalue weighted by molar-refractivity contribution is 5.76. The average Bonchev–Trinajstić information content (AvgIpc) is 2.72. The van der Waals surface area contributed by atoms with E-state index >= 15 is 0 Å². The molecular formula is C21H33NO6. The van der Waals surface area contributed by atoms with Crippen molar-refractivity contribution in [2.75, 3.05) is 41.0 Å². The lowest BCUT2D eigenvalue weighted by atomic mass is 9.74. The molecule has 2 N–H and O–H groups in total. The van der Waals surface area contributed by atoms with Crippen LogP contribution in [-0.4, -0.2) is 68.1 Å². The van der Waals surface area contributed by atoms with Crippen LogP contribution in [0.4, 0.5) is 0 Å². The van der Waals surface area contributed by atoms with Crippen molar-refractivity contribution in [1.29, 1.82) is 0 Å². The number of likely N-dealkylation sites (tertiary alicyclic amines) is 1. The molecule has 0 aromatic heterocycles. The van der Waals surface area contributed by atoms with Gasteiger partial charge in [-0.3, -0.25) is 4.79 Å². The smallest absolute Gasteiger partial charge is 0.222 e. The summed E-state index contributed by atoms with van der Waals surface area (Å²) in [6.07, 6.45) is 2.34. The maximum Gasteiger partial charge on any atom is 0.222 e. The van der Waals surface area contributed by atoms with Crippen molar-refractivity contribution in [2.24, 2.45) is 5.41 Å². The van der Waals surface area contributed by atoms with Crippen molar-refractivity contribution in [2.45, 2.75) is 45.1 Å². The number of rotatable bonds is 9. The maximum absolute atomic E-state index is 12.8. The Balaban J connectivity index is 2.07. The molecule has 0 bridgehead atoms. The lowest BCUT2D eigenvalue weighted by Crippen LogP contribution is -2.55. The number of amides is 1. The van der Waals surface area contributed by atoms with Crippen molar-refractivity contribution in [3.8, 4) is 17.2 Å². The van der Waals surface area contributed by atoms with Crippen LogP contribution >= 0.6 is 0 Å². The summed E-state index contributed by atoms with van der Waals surface area (Å²) in [5.74, 6) is 1.67. The molecule has 2 rings (SSSR count). The van der Waals surface area contributed by atoms with E-state index in [2.05, 4.69) is 0 Å². The fraction of sp³-hybridized carbons (Fsp3) is 0.667. The van der Waals surface area contributed by atoms with Gasteiger partial charge in [-0.15, -0.1) is 0 Å². The van der Waals surface area contributed by atoms with Crippen LogP contribution in [0.3, 0.4) is 0 Å².